The smallest absolute Gasteiger partial charge is 0.266 e. The minimum Gasteiger partial charge on any atom is -0.490 e. The van der Waals surface area contributed by atoms with Crippen LogP contribution in [0.4, 0.5) is 5.69 Å². The molecule has 0 N–H and O–H groups in total. The molecule has 0 aromatic heterocycles. The third-order valence-corrected chi connectivity index (χ3v) is 7.58. The fourth-order valence-electron chi connectivity index (χ4n) is 3.66. The van der Waals surface area contributed by atoms with Crippen LogP contribution in [0.2, 0.25) is 0 Å². The summed E-state index contributed by atoms with van der Waals surface area (Å²) >= 11 is 8.45. The Bertz CT molecular complexity index is 1310. The zero-order valence-corrected chi connectivity index (χ0v) is 25.1. The molecule has 0 aliphatic carbocycles. The van der Waals surface area contributed by atoms with E-state index in [9.17, 15) is 4.79 Å². The molecule has 1 heterocycles. The monoisotopic (exact) mass is 658 g/mol. The highest BCUT2D eigenvalue weighted by atomic mass is 79.9. The Morgan fingerprint density at radius 2 is 1.74 bits per heavy atom. The Morgan fingerprint density at radius 1 is 0.974 bits per heavy atom. The number of nitrogens with zero attached hydrogens (tertiary/aromatic N) is 2. The minimum absolute atomic E-state index is 0.103. The van der Waals surface area contributed by atoms with Gasteiger partial charge in [-0.2, -0.15) is 0 Å². The first-order valence-electron chi connectivity index (χ1n) is 12.2. The number of amides is 1. The van der Waals surface area contributed by atoms with Gasteiger partial charge in [0.2, 0.25) is 0 Å². The normalized spacial score (nSPS) is 15.5. The van der Waals surface area contributed by atoms with E-state index in [0.717, 1.165) is 25.8 Å². The van der Waals surface area contributed by atoms with Crippen molar-refractivity contribution >= 4 is 66.5 Å². The molecule has 1 saturated heterocycles. The van der Waals surface area contributed by atoms with Crippen molar-refractivity contribution < 1.29 is 19.0 Å². The first-order chi connectivity index (χ1) is 18.5. The van der Waals surface area contributed by atoms with Crippen molar-refractivity contribution in [3.63, 3.8) is 0 Å². The molecule has 9 heteroatoms. The third-order valence-electron chi connectivity index (χ3n) is 5.46. The number of amidine groups is 1. The van der Waals surface area contributed by atoms with Crippen LogP contribution in [0.25, 0.3) is 6.08 Å². The Morgan fingerprint density at radius 3 is 2.45 bits per heavy atom. The number of thioether (sulfide) groups is 1. The van der Waals surface area contributed by atoms with E-state index in [1.54, 1.807) is 4.90 Å². The summed E-state index contributed by atoms with van der Waals surface area (Å²) in [5.74, 6) is 1.12. The molecule has 3 aromatic rings. The highest BCUT2D eigenvalue weighted by Gasteiger charge is 2.33. The molecular weight excluding hydrogens is 632 g/mol. The molecule has 1 aliphatic rings. The van der Waals surface area contributed by atoms with E-state index in [1.807, 2.05) is 86.7 Å². The van der Waals surface area contributed by atoms with Crippen molar-refractivity contribution in [1.82, 2.24) is 4.90 Å². The summed E-state index contributed by atoms with van der Waals surface area (Å²) in [6, 6.07) is 21.4. The number of carbonyl (C=O) groups is 1. The van der Waals surface area contributed by atoms with Gasteiger partial charge in [0.05, 0.1) is 34.8 Å². The van der Waals surface area contributed by atoms with E-state index < -0.39 is 0 Å². The standard InChI is InChI=1S/C29H28Br2N2O4S/c1-3-35-15-14-33-28(34)26(38-29(33)32-23-8-6-5-7-9-23)18-21-16-24(31)27(25(17-21)36-4-2)37-19-20-10-12-22(30)13-11-20/h5-13,16-18H,3-4,14-15,19H2,1-2H3/b26-18-,32-29?. The average Bonchev–Trinajstić information content (AvgIpc) is 3.19. The van der Waals surface area contributed by atoms with E-state index >= 15 is 0 Å². The summed E-state index contributed by atoms with van der Waals surface area (Å²) in [6.45, 7) is 6.20. The molecule has 0 spiro atoms. The lowest BCUT2D eigenvalue weighted by Crippen LogP contribution is -2.32. The zero-order valence-electron chi connectivity index (χ0n) is 21.2. The predicted molar refractivity (Wildman–Crippen MR) is 161 cm³/mol. The van der Waals surface area contributed by atoms with Gasteiger partial charge in [0.15, 0.2) is 16.7 Å². The number of hydrogen-bond acceptors (Lipinski definition) is 6. The number of para-hydroxylation sites is 1. The fraction of sp³-hybridized carbons (Fsp3) is 0.241. The predicted octanol–water partition coefficient (Wildman–Crippen LogP) is 7.83. The van der Waals surface area contributed by atoms with Gasteiger partial charge in [-0.15, -0.1) is 0 Å². The number of ether oxygens (including phenoxy) is 3. The average molecular weight is 660 g/mol. The van der Waals surface area contributed by atoms with Gasteiger partial charge in [-0.3, -0.25) is 9.69 Å². The van der Waals surface area contributed by atoms with Crippen LogP contribution in [-0.2, 0) is 16.1 Å². The maximum Gasteiger partial charge on any atom is 0.266 e. The van der Waals surface area contributed by atoms with Gasteiger partial charge >= 0.3 is 0 Å². The molecule has 0 atom stereocenters. The van der Waals surface area contributed by atoms with Crippen molar-refractivity contribution in [2.24, 2.45) is 4.99 Å². The van der Waals surface area contributed by atoms with Crippen LogP contribution in [0.5, 0.6) is 11.5 Å². The number of aliphatic imine (C=N–C) groups is 1. The van der Waals surface area contributed by atoms with Gasteiger partial charge < -0.3 is 14.2 Å². The first-order valence-corrected chi connectivity index (χ1v) is 14.6. The van der Waals surface area contributed by atoms with Crippen LogP contribution >= 0.6 is 43.6 Å². The number of halogens is 2. The maximum atomic E-state index is 13.4. The van der Waals surface area contributed by atoms with Crippen molar-refractivity contribution in [3.8, 4) is 11.5 Å². The van der Waals surface area contributed by atoms with Crippen LogP contribution in [0.3, 0.4) is 0 Å². The summed E-state index contributed by atoms with van der Waals surface area (Å²) in [4.78, 5) is 20.4. The third kappa shape index (κ3) is 7.50. The fourth-order valence-corrected chi connectivity index (χ4v) is 5.53. The lowest BCUT2D eigenvalue weighted by Gasteiger charge is -2.15. The van der Waals surface area contributed by atoms with Crippen molar-refractivity contribution in [2.45, 2.75) is 20.5 Å². The Kier molecular flexibility index (Phi) is 10.5. The van der Waals surface area contributed by atoms with E-state index in [4.69, 9.17) is 19.2 Å². The summed E-state index contributed by atoms with van der Waals surface area (Å²) in [5.41, 5.74) is 2.65. The largest absolute Gasteiger partial charge is 0.490 e. The molecule has 38 heavy (non-hydrogen) atoms. The summed E-state index contributed by atoms with van der Waals surface area (Å²) in [5, 5.41) is 0.630. The second kappa shape index (κ2) is 14.0. The maximum absolute atomic E-state index is 13.4. The molecule has 1 fully saturated rings. The highest BCUT2D eigenvalue weighted by Crippen LogP contribution is 2.40. The van der Waals surface area contributed by atoms with Gasteiger partial charge in [0, 0.05) is 11.1 Å². The van der Waals surface area contributed by atoms with Gasteiger partial charge in [-0.25, -0.2) is 4.99 Å². The second-order valence-corrected chi connectivity index (χ2v) is 11.0. The number of rotatable bonds is 11. The Balaban J connectivity index is 1.60. The van der Waals surface area contributed by atoms with Crippen LogP contribution in [-0.4, -0.2) is 42.3 Å². The van der Waals surface area contributed by atoms with Crippen LogP contribution in [0.15, 0.2) is 85.6 Å². The molecular formula is C29H28Br2N2O4S. The quantitative estimate of drug-likeness (QED) is 0.155. The molecule has 0 radical (unpaired) electrons. The van der Waals surface area contributed by atoms with Crippen LogP contribution < -0.4 is 9.47 Å². The number of hydrogen-bond donors (Lipinski definition) is 0. The lowest BCUT2D eigenvalue weighted by atomic mass is 10.1. The lowest BCUT2D eigenvalue weighted by molar-refractivity contribution is -0.122. The van der Waals surface area contributed by atoms with E-state index in [0.29, 0.717) is 54.5 Å². The summed E-state index contributed by atoms with van der Waals surface area (Å²) in [6.07, 6.45) is 1.86. The van der Waals surface area contributed by atoms with E-state index in [-0.39, 0.29) is 5.91 Å². The molecule has 3 aromatic carbocycles. The Hall–Kier alpha value is -2.59. The summed E-state index contributed by atoms with van der Waals surface area (Å²) < 4.78 is 19.3. The first kappa shape index (κ1) is 28.4. The van der Waals surface area contributed by atoms with Crippen molar-refractivity contribution in [1.29, 1.82) is 0 Å². The van der Waals surface area contributed by atoms with Gasteiger partial charge in [-0.1, -0.05) is 46.3 Å². The number of carbonyl (C=O) groups excluding carboxylic acids is 1. The van der Waals surface area contributed by atoms with Gasteiger partial charge in [0.25, 0.3) is 5.91 Å². The molecule has 0 bridgehead atoms. The summed E-state index contributed by atoms with van der Waals surface area (Å²) in [7, 11) is 0. The van der Waals surface area contributed by atoms with Gasteiger partial charge in [0.1, 0.15) is 6.61 Å². The van der Waals surface area contributed by atoms with E-state index in [2.05, 4.69) is 31.9 Å². The SMILES string of the molecule is CCOCCN1C(=O)/C(=C/c2cc(Br)c(OCc3ccc(Br)cc3)c(OCC)c2)SC1=Nc1ccccc1. The molecule has 0 saturated carbocycles. The van der Waals surface area contributed by atoms with E-state index in [1.165, 1.54) is 11.8 Å². The Labute approximate surface area is 244 Å². The van der Waals surface area contributed by atoms with Crippen molar-refractivity contribution in [2.75, 3.05) is 26.4 Å². The topological polar surface area (TPSA) is 60.4 Å². The van der Waals surface area contributed by atoms with Crippen LogP contribution in [0, 0.1) is 0 Å². The highest BCUT2D eigenvalue weighted by molar-refractivity contribution is 9.10. The molecule has 6 nitrogen and oxygen atoms in total. The molecule has 0 unspecified atom stereocenters. The minimum atomic E-state index is -0.103. The molecule has 1 amide bonds. The second-order valence-electron chi connectivity index (χ2n) is 8.17. The molecule has 4 rings (SSSR count). The number of benzene rings is 3. The zero-order chi connectivity index (χ0) is 26.9. The molecule has 1 aliphatic heterocycles. The van der Waals surface area contributed by atoms with Crippen LogP contribution in [0.1, 0.15) is 25.0 Å². The molecule has 198 valence electrons. The van der Waals surface area contributed by atoms with Gasteiger partial charge in [-0.05, 0) is 95.1 Å². The van der Waals surface area contributed by atoms with Crippen molar-refractivity contribution in [3.05, 3.63) is 91.7 Å².